The molecule has 0 amide bonds. The van der Waals surface area contributed by atoms with Gasteiger partial charge in [-0.2, -0.15) is 0 Å². The summed E-state index contributed by atoms with van der Waals surface area (Å²) in [5, 5.41) is 0. The molecule has 112 valence electrons. The van der Waals surface area contributed by atoms with Crippen LogP contribution >= 0.6 is 0 Å². The zero-order valence-corrected chi connectivity index (χ0v) is 12.7. The van der Waals surface area contributed by atoms with Crippen molar-refractivity contribution in [1.29, 1.82) is 0 Å². The third-order valence-corrected chi connectivity index (χ3v) is 4.47. The lowest BCUT2D eigenvalue weighted by molar-refractivity contribution is 0.0431. The molecule has 0 bridgehead atoms. The summed E-state index contributed by atoms with van der Waals surface area (Å²) >= 11 is 0. The summed E-state index contributed by atoms with van der Waals surface area (Å²) in [5.74, 6) is 1.81. The van der Waals surface area contributed by atoms with Gasteiger partial charge in [0.15, 0.2) is 11.6 Å². The van der Waals surface area contributed by atoms with E-state index in [1.807, 2.05) is 6.07 Å². The van der Waals surface area contributed by atoms with Crippen molar-refractivity contribution in [3.63, 3.8) is 0 Å². The van der Waals surface area contributed by atoms with E-state index in [9.17, 15) is 4.39 Å². The summed E-state index contributed by atoms with van der Waals surface area (Å²) < 4.78 is 20.1. The molecule has 1 fully saturated rings. The highest BCUT2D eigenvalue weighted by atomic mass is 19.1. The third kappa shape index (κ3) is 3.51. The molecule has 1 aromatic rings. The van der Waals surface area contributed by atoms with E-state index >= 15 is 0 Å². The van der Waals surface area contributed by atoms with Crippen LogP contribution in [0.15, 0.2) is 18.2 Å². The normalized spacial score (nSPS) is 26.8. The average Bonchev–Trinajstić information content (AvgIpc) is 2.40. The Kier molecular flexibility index (Phi) is 5.03. The second kappa shape index (κ2) is 6.57. The standard InChI is InChI=1S/C17H26FNO/c1-11(2)14-6-4-12(3)8-17(14)20-16-7-5-13(10-19)9-15(16)18/h5,7,9,11-12,14,17H,4,6,8,10,19H2,1-3H3. The van der Waals surface area contributed by atoms with Crippen LogP contribution in [0.3, 0.4) is 0 Å². The van der Waals surface area contributed by atoms with E-state index in [4.69, 9.17) is 10.5 Å². The zero-order valence-electron chi connectivity index (χ0n) is 12.7. The summed E-state index contributed by atoms with van der Waals surface area (Å²) in [5.41, 5.74) is 6.32. The summed E-state index contributed by atoms with van der Waals surface area (Å²) in [4.78, 5) is 0. The number of rotatable bonds is 4. The number of nitrogens with two attached hydrogens (primary N) is 1. The minimum atomic E-state index is -0.298. The van der Waals surface area contributed by atoms with E-state index in [1.54, 1.807) is 6.07 Å². The van der Waals surface area contributed by atoms with Crippen molar-refractivity contribution in [3.8, 4) is 5.75 Å². The Balaban J connectivity index is 2.13. The second-order valence-corrected chi connectivity index (χ2v) is 6.45. The van der Waals surface area contributed by atoms with Gasteiger partial charge in [0.05, 0.1) is 0 Å². The molecule has 0 radical (unpaired) electrons. The summed E-state index contributed by atoms with van der Waals surface area (Å²) in [6.45, 7) is 7.06. The number of hydrogen-bond acceptors (Lipinski definition) is 2. The maximum absolute atomic E-state index is 14.0. The van der Waals surface area contributed by atoms with Gasteiger partial charge in [0.2, 0.25) is 0 Å². The van der Waals surface area contributed by atoms with Crippen molar-refractivity contribution in [2.75, 3.05) is 0 Å². The lowest BCUT2D eigenvalue weighted by Crippen LogP contribution is -2.36. The van der Waals surface area contributed by atoms with Crippen molar-refractivity contribution < 1.29 is 9.13 Å². The Morgan fingerprint density at radius 3 is 2.70 bits per heavy atom. The highest BCUT2D eigenvalue weighted by Gasteiger charge is 2.32. The number of benzene rings is 1. The highest BCUT2D eigenvalue weighted by molar-refractivity contribution is 5.29. The van der Waals surface area contributed by atoms with E-state index in [1.165, 1.54) is 18.9 Å². The van der Waals surface area contributed by atoms with Crippen molar-refractivity contribution in [2.24, 2.45) is 23.5 Å². The van der Waals surface area contributed by atoms with E-state index in [0.29, 0.717) is 30.0 Å². The van der Waals surface area contributed by atoms with Crippen molar-refractivity contribution in [3.05, 3.63) is 29.6 Å². The molecule has 2 nitrogen and oxygen atoms in total. The quantitative estimate of drug-likeness (QED) is 0.899. The zero-order chi connectivity index (χ0) is 14.7. The van der Waals surface area contributed by atoms with Crippen LogP contribution in [0.25, 0.3) is 0 Å². The van der Waals surface area contributed by atoms with Crippen LogP contribution in [0.4, 0.5) is 4.39 Å². The lowest BCUT2D eigenvalue weighted by atomic mass is 9.75. The first-order valence-corrected chi connectivity index (χ1v) is 7.66. The molecule has 0 aliphatic heterocycles. The van der Waals surface area contributed by atoms with Gasteiger partial charge in [0, 0.05) is 6.54 Å². The SMILES string of the molecule is CC1CCC(C(C)C)C(Oc2ccc(CN)cc2F)C1. The van der Waals surface area contributed by atoms with E-state index in [2.05, 4.69) is 20.8 Å². The smallest absolute Gasteiger partial charge is 0.165 e. The fraction of sp³-hybridized carbons (Fsp3) is 0.647. The Labute approximate surface area is 121 Å². The Morgan fingerprint density at radius 1 is 1.35 bits per heavy atom. The molecule has 3 heteroatoms. The minimum Gasteiger partial charge on any atom is -0.487 e. The maximum Gasteiger partial charge on any atom is 0.165 e. The topological polar surface area (TPSA) is 35.2 Å². The van der Waals surface area contributed by atoms with Gasteiger partial charge in [0.1, 0.15) is 6.10 Å². The molecular formula is C17H26FNO. The molecule has 2 N–H and O–H groups in total. The van der Waals surface area contributed by atoms with Gasteiger partial charge in [-0.3, -0.25) is 0 Å². The first-order chi connectivity index (χ1) is 9.51. The molecule has 2 rings (SSSR count). The van der Waals surface area contributed by atoms with Crippen molar-refractivity contribution in [1.82, 2.24) is 0 Å². The third-order valence-electron chi connectivity index (χ3n) is 4.47. The van der Waals surface area contributed by atoms with E-state index < -0.39 is 0 Å². The highest BCUT2D eigenvalue weighted by Crippen LogP contribution is 2.36. The molecule has 1 aromatic carbocycles. The molecule has 1 aliphatic rings. The Hall–Kier alpha value is -1.09. The monoisotopic (exact) mass is 279 g/mol. The molecule has 1 saturated carbocycles. The first-order valence-electron chi connectivity index (χ1n) is 7.66. The van der Waals surface area contributed by atoms with Crippen LogP contribution in [0.5, 0.6) is 5.75 Å². The molecule has 0 saturated heterocycles. The molecule has 0 spiro atoms. The number of ether oxygens (including phenoxy) is 1. The molecular weight excluding hydrogens is 253 g/mol. The fourth-order valence-corrected chi connectivity index (χ4v) is 3.18. The van der Waals surface area contributed by atoms with Gasteiger partial charge in [-0.1, -0.05) is 33.3 Å². The van der Waals surface area contributed by atoms with Crippen LogP contribution in [-0.2, 0) is 6.54 Å². The molecule has 3 unspecified atom stereocenters. The van der Waals surface area contributed by atoms with Gasteiger partial charge in [-0.05, 0) is 48.3 Å². The molecule has 3 atom stereocenters. The minimum absolute atomic E-state index is 0.122. The largest absolute Gasteiger partial charge is 0.487 e. The van der Waals surface area contributed by atoms with Gasteiger partial charge in [-0.25, -0.2) is 4.39 Å². The van der Waals surface area contributed by atoms with Crippen LogP contribution in [0.2, 0.25) is 0 Å². The number of hydrogen-bond donors (Lipinski definition) is 1. The molecule has 0 aromatic heterocycles. The molecule has 0 heterocycles. The van der Waals surface area contributed by atoms with Crippen molar-refractivity contribution >= 4 is 0 Å². The second-order valence-electron chi connectivity index (χ2n) is 6.45. The van der Waals surface area contributed by atoms with Gasteiger partial charge < -0.3 is 10.5 Å². The fourth-order valence-electron chi connectivity index (χ4n) is 3.18. The van der Waals surface area contributed by atoms with Crippen molar-refractivity contribution in [2.45, 2.75) is 52.7 Å². The summed E-state index contributed by atoms with van der Waals surface area (Å²) in [6, 6.07) is 5.04. The van der Waals surface area contributed by atoms with Crippen LogP contribution in [0.1, 0.15) is 45.6 Å². The van der Waals surface area contributed by atoms with Crippen LogP contribution in [0, 0.1) is 23.6 Å². The maximum atomic E-state index is 14.0. The lowest BCUT2D eigenvalue weighted by Gasteiger charge is -2.37. The molecule has 1 aliphatic carbocycles. The van der Waals surface area contributed by atoms with Crippen LogP contribution < -0.4 is 10.5 Å². The first kappa shape index (κ1) is 15.3. The van der Waals surface area contributed by atoms with E-state index in [-0.39, 0.29) is 11.9 Å². The predicted molar refractivity (Wildman–Crippen MR) is 80.1 cm³/mol. The molecule has 20 heavy (non-hydrogen) atoms. The van der Waals surface area contributed by atoms with E-state index in [0.717, 1.165) is 12.0 Å². The Morgan fingerprint density at radius 2 is 2.10 bits per heavy atom. The predicted octanol–water partition coefficient (Wildman–Crippen LogP) is 4.12. The summed E-state index contributed by atoms with van der Waals surface area (Å²) in [6.07, 6.45) is 3.56. The van der Waals surface area contributed by atoms with Gasteiger partial charge in [0.25, 0.3) is 0 Å². The summed E-state index contributed by atoms with van der Waals surface area (Å²) in [7, 11) is 0. The van der Waals surface area contributed by atoms with Gasteiger partial charge >= 0.3 is 0 Å². The number of halogens is 1. The average molecular weight is 279 g/mol. The van der Waals surface area contributed by atoms with Gasteiger partial charge in [-0.15, -0.1) is 0 Å². The van der Waals surface area contributed by atoms with Crippen LogP contribution in [-0.4, -0.2) is 6.10 Å². The Bertz CT molecular complexity index is 447.